The summed E-state index contributed by atoms with van der Waals surface area (Å²) in [5.74, 6) is 0.657. The fraction of sp³-hybridized carbons (Fsp3) is 0.400. The maximum Gasteiger partial charge on any atom is 0.167 e. The molecule has 0 heterocycles. The summed E-state index contributed by atoms with van der Waals surface area (Å²) in [5.41, 5.74) is 3.29. The predicted molar refractivity (Wildman–Crippen MR) is 115 cm³/mol. The monoisotopic (exact) mass is 412 g/mol. The number of benzene rings is 2. The van der Waals surface area contributed by atoms with E-state index in [1.807, 2.05) is 25.1 Å². The average Bonchev–Trinajstić information content (AvgIpc) is 2.78. The zero-order chi connectivity index (χ0) is 20.5. The maximum atomic E-state index is 14.5. The van der Waals surface area contributed by atoms with Crippen molar-refractivity contribution in [3.63, 3.8) is 0 Å². The maximum absolute atomic E-state index is 14.5. The zero-order valence-electron chi connectivity index (χ0n) is 16.7. The molecule has 0 amide bonds. The Morgan fingerprint density at radius 3 is 2.34 bits per heavy atom. The standard InChI is InChI=1S/C25H26ClFO2/c1-2-17-7-8-18(20-10-9-19(26)14-22(20)27)13-21(17)25-23(28)11-15-3-4-16(6-5-15)12-24(25)29/h7-10,13-16,28H,2-6,11-12H2,1H3. The van der Waals surface area contributed by atoms with Crippen LogP contribution in [0.15, 0.2) is 42.2 Å². The van der Waals surface area contributed by atoms with Crippen LogP contribution in [-0.4, -0.2) is 10.9 Å². The van der Waals surface area contributed by atoms with E-state index in [0.717, 1.165) is 43.2 Å². The van der Waals surface area contributed by atoms with E-state index in [4.69, 9.17) is 11.6 Å². The van der Waals surface area contributed by atoms with Crippen LogP contribution in [0.2, 0.25) is 5.02 Å². The van der Waals surface area contributed by atoms with Crippen molar-refractivity contribution in [3.05, 3.63) is 64.1 Å². The summed E-state index contributed by atoms with van der Waals surface area (Å²) in [6.07, 6.45) is 6.04. The Bertz CT molecular complexity index is 971. The summed E-state index contributed by atoms with van der Waals surface area (Å²) in [6.45, 7) is 2.03. The molecule has 0 unspecified atom stereocenters. The van der Waals surface area contributed by atoms with Crippen molar-refractivity contribution in [1.29, 1.82) is 0 Å². The number of carbonyl (C=O) groups excluding carboxylic acids is 1. The lowest BCUT2D eigenvalue weighted by Gasteiger charge is -2.26. The number of hydrogen-bond acceptors (Lipinski definition) is 2. The Morgan fingerprint density at radius 1 is 1.00 bits per heavy atom. The van der Waals surface area contributed by atoms with Gasteiger partial charge in [0.15, 0.2) is 5.78 Å². The summed E-state index contributed by atoms with van der Waals surface area (Å²) < 4.78 is 14.5. The molecular weight excluding hydrogens is 387 g/mol. The lowest BCUT2D eigenvalue weighted by molar-refractivity contribution is -0.114. The second-order valence-electron chi connectivity index (χ2n) is 8.39. The van der Waals surface area contributed by atoms with Crippen molar-refractivity contribution in [3.8, 4) is 11.1 Å². The van der Waals surface area contributed by atoms with Crippen LogP contribution in [-0.2, 0) is 11.2 Å². The van der Waals surface area contributed by atoms with Crippen LogP contribution in [0.1, 0.15) is 56.6 Å². The minimum Gasteiger partial charge on any atom is -0.512 e. The number of fused-ring (bicyclic) bond motifs is 5. The second kappa shape index (κ2) is 8.31. The first-order chi connectivity index (χ1) is 14.0. The van der Waals surface area contributed by atoms with Crippen molar-refractivity contribution < 1.29 is 14.3 Å². The van der Waals surface area contributed by atoms with Gasteiger partial charge >= 0.3 is 0 Å². The Labute approximate surface area is 176 Å². The van der Waals surface area contributed by atoms with Crippen molar-refractivity contribution in [2.75, 3.05) is 0 Å². The minimum atomic E-state index is -0.398. The van der Waals surface area contributed by atoms with Crippen LogP contribution in [0, 0.1) is 17.7 Å². The van der Waals surface area contributed by atoms with E-state index in [-0.39, 0.29) is 11.5 Å². The number of ketones is 1. The van der Waals surface area contributed by atoms with Gasteiger partial charge < -0.3 is 5.11 Å². The molecular formula is C25H26ClFO2. The number of allylic oxidation sites excluding steroid dienone is 2. The molecule has 2 aromatic carbocycles. The van der Waals surface area contributed by atoms with E-state index < -0.39 is 5.82 Å². The highest BCUT2D eigenvalue weighted by atomic mass is 35.5. The third-order valence-corrected chi connectivity index (χ3v) is 6.73. The first-order valence-electron chi connectivity index (χ1n) is 10.5. The highest BCUT2D eigenvalue weighted by Gasteiger charge is 2.31. The molecule has 0 aliphatic heterocycles. The van der Waals surface area contributed by atoms with Crippen molar-refractivity contribution >= 4 is 23.0 Å². The number of Topliss-reactive ketones (excluding diaryl/α,β-unsaturated/α-hetero) is 1. The number of halogens is 2. The average molecular weight is 413 g/mol. The first kappa shape index (κ1) is 20.2. The summed E-state index contributed by atoms with van der Waals surface area (Å²) in [7, 11) is 0. The van der Waals surface area contributed by atoms with E-state index in [1.165, 1.54) is 6.07 Å². The second-order valence-corrected chi connectivity index (χ2v) is 8.83. The highest BCUT2D eigenvalue weighted by Crippen LogP contribution is 2.40. The molecule has 0 aromatic heterocycles. The normalized spacial score (nSPS) is 22.4. The molecule has 0 radical (unpaired) electrons. The Hall–Kier alpha value is -2.13. The Kier molecular flexibility index (Phi) is 5.78. The number of aliphatic hydroxyl groups excluding tert-OH is 1. The van der Waals surface area contributed by atoms with Crippen molar-refractivity contribution in [2.45, 2.75) is 51.9 Å². The number of aryl methyl sites for hydroxylation is 1. The van der Waals surface area contributed by atoms with Crippen LogP contribution in [0.25, 0.3) is 16.7 Å². The SMILES string of the molecule is CCc1ccc(-c2ccc(Cl)cc2F)cc1C1=C(O)CC2CCC(CC2)CC1=O. The van der Waals surface area contributed by atoms with Gasteiger partial charge in [0, 0.05) is 23.4 Å². The molecule has 3 aliphatic carbocycles. The van der Waals surface area contributed by atoms with Gasteiger partial charge in [-0.1, -0.05) is 30.7 Å². The van der Waals surface area contributed by atoms with Gasteiger partial charge in [-0.3, -0.25) is 4.79 Å². The van der Waals surface area contributed by atoms with E-state index in [2.05, 4.69) is 0 Å². The van der Waals surface area contributed by atoms with Gasteiger partial charge in [0.2, 0.25) is 0 Å². The van der Waals surface area contributed by atoms with Gasteiger partial charge in [0.1, 0.15) is 11.6 Å². The van der Waals surface area contributed by atoms with Crippen LogP contribution in [0.3, 0.4) is 0 Å². The molecule has 2 nitrogen and oxygen atoms in total. The number of rotatable bonds is 3. The molecule has 1 saturated carbocycles. The van der Waals surface area contributed by atoms with Crippen molar-refractivity contribution in [2.24, 2.45) is 11.8 Å². The topological polar surface area (TPSA) is 37.3 Å². The van der Waals surface area contributed by atoms with Gasteiger partial charge in [-0.2, -0.15) is 0 Å². The Morgan fingerprint density at radius 2 is 1.69 bits per heavy atom. The fourth-order valence-electron chi connectivity index (χ4n) is 4.85. The molecule has 1 N–H and O–H groups in total. The molecule has 0 saturated heterocycles. The minimum absolute atomic E-state index is 0.0125. The van der Waals surface area contributed by atoms with E-state index in [9.17, 15) is 14.3 Å². The zero-order valence-corrected chi connectivity index (χ0v) is 17.4. The predicted octanol–water partition coefficient (Wildman–Crippen LogP) is 7.15. The highest BCUT2D eigenvalue weighted by molar-refractivity contribution is 6.30. The summed E-state index contributed by atoms with van der Waals surface area (Å²) in [5, 5.41) is 11.3. The van der Waals surface area contributed by atoms with Gasteiger partial charge in [-0.15, -0.1) is 0 Å². The number of hydrogen-bond donors (Lipinski definition) is 1. The molecule has 4 heteroatoms. The largest absolute Gasteiger partial charge is 0.512 e. The lowest BCUT2D eigenvalue weighted by atomic mass is 9.79. The van der Waals surface area contributed by atoms with Crippen LogP contribution in [0.5, 0.6) is 0 Å². The molecule has 2 aromatic rings. The lowest BCUT2D eigenvalue weighted by Crippen LogP contribution is -2.15. The van der Waals surface area contributed by atoms with Crippen LogP contribution in [0.4, 0.5) is 4.39 Å². The first-order valence-corrected chi connectivity index (χ1v) is 10.9. The summed E-state index contributed by atoms with van der Waals surface area (Å²) >= 11 is 5.90. The molecule has 152 valence electrons. The third-order valence-electron chi connectivity index (χ3n) is 6.49. The molecule has 1 fully saturated rings. The number of aliphatic hydroxyl groups is 1. The fourth-order valence-corrected chi connectivity index (χ4v) is 5.01. The number of carbonyl (C=O) groups is 1. The van der Waals surface area contributed by atoms with E-state index in [0.29, 0.717) is 46.4 Å². The van der Waals surface area contributed by atoms with Crippen LogP contribution >= 0.6 is 11.6 Å². The summed E-state index contributed by atoms with van der Waals surface area (Å²) in [6, 6.07) is 10.3. The molecule has 2 bridgehead atoms. The van der Waals surface area contributed by atoms with E-state index in [1.54, 1.807) is 12.1 Å². The van der Waals surface area contributed by atoms with Gasteiger partial charge in [-0.05, 0) is 84.9 Å². The van der Waals surface area contributed by atoms with Gasteiger partial charge in [0.25, 0.3) is 0 Å². The van der Waals surface area contributed by atoms with Crippen molar-refractivity contribution in [1.82, 2.24) is 0 Å². The molecule has 0 spiro atoms. The smallest absolute Gasteiger partial charge is 0.167 e. The molecule has 5 rings (SSSR count). The van der Waals surface area contributed by atoms with Gasteiger partial charge in [0.05, 0.1) is 5.57 Å². The molecule has 3 aliphatic rings. The van der Waals surface area contributed by atoms with Gasteiger partial charge in [-0.25, -0.2) is 4.39 Å². The van der Waals surface area contributed by atoms with E-state index >= 15 is 0 Å². The Balaban J connectivity index is 1.84. The molecule has 0 atom stereocenters. The third kappa shape index (κ3) is 4.11. The quantitative estimate of drug-likeness (QED) is 0.581. The molecule has 29 heavy (non-hydrogen) atoms. The summed E-state index contributed by atoms with van der Waals surface area (Å²) in [4.78, 5) is 13.2. The van der Waals surface area contributed by atoms with Crippen LogP contribution < -0.4 is 0 Å².